The Bertz CT molecular complexity index is 607. The number of aromatic nitrogens is 1. The van der Waals surface area contributed by atoms with Crippen LogP contribution < -0.4 is 5.32 Å². The van der Waals surface area contributed by atoms with Gasteiger partial charge in [-0.05, 0) is 53.6 Å². The quantitative estimate of drug-likeness (QED) is 0.820. The second-order valence-electron chi connectivity index (χ2n) is 4.64. The number of amides is 1. The average molecular weight is 384 g/mol. The zero-order chi connectivity index (χ0) is 13.2. The molecule has 1 saturated carbocycles. The maximum atomic E-state index is 12.0. The molecular weight excluding hydrogens is 371 g/mol. The molecule has 0 bridgehead atoms. The second-order valence-corrected chi connectivity index (χ2v) is 6.78. The van der Waals surface area contributed by atoms with Crippen molar-refractivity contribution in [2.24, 2.45) is 0 Å². The van der Waals surface area contributed by atoms with Gasteiger partial charge in [0.05, 0.1) is 17.2 Å². The van der Waals surface area contributed by atoms with Gasteiger partial charge in [-0.2, -0.15) is 0 Å². The van der Waals surface area contributed by atoms with Crippen LogP contribution in [0.2, 0.25) is 0 Å². The zero-order valence-electron chi connectivity index (χ0n) is 10.2. The van der Waals surface area contributed by atoms with Crippen LogP contribution in [0.25, 0.3) is 0 Å². The molecule has 5 heteroatoms. The third kappa shape index (κ3) is 3.33. The summed E-state index contributed by atoms with van der Waals surface area (Å²) in [7, 11) is 0. The van der Waals surface area contributed by atoms with Gasteiger partial charge in [0.25, 0.3) is 5.91 Å². The Morgan fingerprint density at radius 2 is 2.32 bits per heavy atom. The van der Waals surface area contributed by atoms with Gasteiger partial charge in [0.2, 0.25) is 0 Å². The predicted molar refractivity (Wildman–Crippen MR) is 84.4 cm³/mol. The first-order valence-electron chi connectivity index (χ1n) is 6.20. The molecule has 0 atom stereocenters. The molecule has 1 heterocycles. The molecule has 2 aromatic rings. The molecular formula is C14H13IN2OS. The molecule has 98 valence electrons. The predicted octanol–water partition coefficient (Wildman–Crippen LogP) is 3.56. The van der Waals surface area contributed by atoms with Crippen molar-refractivity contribution in [3.63, 3.8) is 0 Å². The summed E-state index contributed by atoms with van der Waals surface area (Å²) < 4.78 is 1.06. The Balaban J connectivity index is 1.60. The number of thiazole rings is 1. The van der Waals surface area contributed by atoms with E-state index in [1.54, 1.807) is 11.3 Å². The molecule has 1 aliphatic rings. The van der Waals surface area contributed by atoms with Gasteiger partial charge in [0, 0.05) is 20.4 Å². The fourth-order valence-corrected chi connectivity index (χ4v) is 3.36. The molecule has 0 saturated heterocycles. The molecule has 3 nitrogen and oxygen atoms in total. The summed E-state index contributed by atoms with van der Waals surface area (Å²) in [5.41, 5.74) is 1.66. The van der Waals surface area contributed by atoms with E-state index in [1.165, 1.54) is 17.8 Å². The van der Waals surface area contributed by atoms with Crippen LogP contribution in [0, 0.1) is 3.57 Å². The largest absolute Gasteiger partial charge is 0.346 e. The Labute approximate surface area is 129 Å². The van der Waals surface area contributed by atoms with Crippen molar-refractivity contribution in [2.45, 2.75) is 25.3 Å². The monoisotopic (exact) mass is 384 g/mol. The highest BCUT2D eigenvalue weighted by Crippen LogP contribution is 2.41. The maximum Gasteiger partial charge on any atom is 0.251 e. The SMILES string of the molecule is O=C(NCc1csc(C2CC2)n1)c1cccc(I)c1. The van der Waals surface area contributed by atoms with E-state index in [0.29, 0.717) is 18.0 Å². The van der Waals surface area contributed by atoms with Gasteiger partial charge < -0.3 is 5.32 Å². The van der Waals surface area contributed by atoms with Crippen LogP contribution in [0.1, 0.15) is 39.8 Å². The van der Waals surface area contributed by atoms with E-state index in [1.807, 2.05) is 29.6 Å². The molecule has 0 unspecified atom stereocenters. The van der Waals surface area contributed by atoms with Crippen molar-refractivity contribution in [2.75, 3.05) is 0 Å². The van der Waals surface area contributed by atoms with Crippen LogP contribution in [0.5, 0.6) is 0 Å². The molecule has 3 rings (SSSR count). The Morgan fingerprint density at radius 3 is 3.05 bits per heavy atom. The third-order valence-electron chi connectivity index (χ3n) is 3.01. The molecule has 1 aromatic heterocycles. The Hall–Kier alpha value is -0.950. The van der Waals surface area contributed by atoms with E-state index < -0.39 is 0 Å². The van der Waals surface area contributed by atoms with Crippen molar-refractivity contribution in [1.29, 1.82) is 0 Å². The van der Waals surface area contributed by atoms with Gasteiger partial charge in [-0.1, -0.05) is 6.07 Å². The van der Waals surface area contributed by atoms with Crippen LogP contribution in [0.15, 0.2) is 29.6 Å². The van der Waals surface area contributed by atoms with E-state index >= 15 is 0 Å². The van der Waals surface area contributed by atoms with Crippen LogP contribution in [0.4, 0.5) is 0 Å². The first kappa shape index (κ1) is 13.1. The van der Waals surface area contributed by atoms with Crippen LogP contribution >= 0.6 is 33.9 Å². The first-order valence-corrected chi connectivity index (χ1v) is 8.16. The zero-order valence-corrected chi connectivity index (χ0v) is 13.2. The van der Waals surface area contributed by atoms with E-state index in [0.717, 1.165) is 9.26 Å². The average Bonchev–Trinajstić information content (AvgIpc) is 3.15. The molecule has 1 N–H and O–H groups in total. The minimum absolute atomic E-state index is 0.0421. The van der Waals surface area contributed by atoms with Crippen LogP contribution in [0.3, 0.4) is 0 Å². The van der Waals surface area contributed by atoms with Crippen molar-refractivity contribution in [3.05, 3.63) is 49.5 Å². The number of benzene rings is 1. The molecule has 0 spiro atoms. The first-order chi connectivity index (χ1) is 9.22. The highest BCUT2D eigenvalue weighted by Gasteiger charge is 2.26. The van der Waals surface area contributed by atoms with Crippen molar-refractivity contribution in [3.8, 4) is 0 Å². The summed E-state index contributed by atoms with van der Waals surface area (Å²) in [5.74, 6) is 0.643. The smallest absolute Gasteiger partial charge is 0.251 e. The third-order valence-corrected chi connectivity index (χ3v) is 4.74. The van der Waals surface area contributed by atoms with E-state index in [4.69, 9.17) is 0 Å². The summed E-state index contributed by atoms with van der Waals surface area (Å²) in [6, 6.07) is 7.57. The lowest BCUT2D eigenvalue weighted by molar-refractivity contribution is 0.0950. The Kier molecular flexibility index (Phi) is 3.83. The lowest BCUT2D eigenvalue weighted by Gasteiger charge is -2.03. The Morgan fingerprint density at radius 1 is 1.47 bits per heavy atom. The van der Waals surface area contributed by atoms with Crippen molar-refractivity contribution < 1.29 is 4.79 Å². The number of nitrogens with zero attached hydrogens (tertiary/aromatic N) is 1. The molecule has 1 amide bonds. The fraction of sp³-hybridized carbons (Fsp3) is 0.286. The normalized spacial score (nSPS) is 14.4. The summed E-state index contributed by atoms with van der Waals surface area (Å²) in [6.07, 6.45) is 2.53. The maximum absolute atomic E-state index is 12.0. The van der Waals surface area contributed by atoms with Gasteiger partial charge in [0.15, 0.2) is 0 Å². The number of halogens is 1. The van der Waals surface area contributed by atoms with E-state index in [2.05, 4.69) is 32.9 Å². The van der Waals surface area contributed by atoms with Crippen molar-refractivity contribution in [1.82, 2.24) is 10.3 Å². The van der Waals surface area contributed by atoms with Gasteiger partial charge in [-0.15, -0.1) is 11.3 Å². The minimum Gasteiger partial charge on any atom is -0.346 e. The molecule has 1 fully saturated rings. The molecule has 0 radical (unpaired) electrons. The molecule has 1 aromatic carbocycles. The van der Waals surface area contributed by atoms with Gasteiger partial charge in [0.1, 0.15) is 0 Å². The molecule has 1 aliphatic carbocycles. The molecule has 19 heavy (non-hydrogen) atoms. The van der Waals surface area contributed by atoms with Crippen LogP contribution in [-0.4, -0.2) is 10.9 Å². The second kappa shape index (κ2) is 5.58. The summed E-state index contributed by atoms with van der Waals surface area (Å²) in [4.78, 5) is 16.5. The lowest BCUT2D eigenvalue weighted by Crippen LogP contribution is -2.23. The highest BCUT2D eigenvalue weighted by molar-refractivity contribution is 14.1. The van der Waals surface area contributed by atoms with E-state index in [9.17, 15) is 4.79 Å². The standard InChI is InChI=1S/C14H13IN2OS/c15-11-3-1-2-10(6-11)13(18)16-7-12-8-19-14(17-12)9-4-5-9/h1-3,6,8-9H,4-5,7H2,(H,16,18). The number of carbonyl (C=O) groups excluding carboxylic acids is 1. The van der Waals surface area contributed by atoms with Gasteiger partial charge in [-0.3, -0.25) is 4.79 Å². The highest BCUT2D eigenvalue weighted by atomic mass is 127. The number of nitrogens with one attached hydrogen (secondary N) is 1. The number of rotatable bonds is 4. The van der Waals surface area contributed by atoms with Gasteiger partial charge in [-0.25, -0.2) is 4.98 Å². The van der Waals surface area contributed by atoms with E-state index in [-0.39, 0.29) is 5.91 Å². The van der Waals surface area contributed by atoms with Gasteiger partial charge >= 0.3 is 0 Å². The number of carbonyl (C=O) groups is 1. The topological polar surface area (TPSA) is 42.0 Å². The van der Waals surface area contributed by atoms with Crippen LogP contribution in [-0.2, 0) is 6.54 Å². The summed E-state index contributed by atoms with van der Waals surface area (Å²) in [5, 5.41) is 6.18. The minimum atomic E-state index is -0.0421. The number of hydrogen-bond acceptors (Lipinski definition) is 3. The van der Waals surface area contributed by atoms with Crippen molar-refractivity contribution >= 4 is 39.8 Å². The lowest BCUT2D eigenvalue weighted by atomic mass is 10.2. The summed E-state index contributed by atoms with van der Waals surface area (Å²) >= 11 is 3.91. The molecule has 0 aliphatic heterocycles. The fourth-order valence-electron chi connectivity index (χ4n) is 1.82. The number of hydrogen-bond donors (Lipinski definition) is 1. The summed E-state index contributed by atoms with van der Waals surface area (Å²) in [6.45, 7) is 0.507.